The number of carbonyl (C=O) groups is 1. The summed E-state index contributed by atoms with van der Waals surface area (Å²) in [6.45, 7) is 0.942. The molecule has 0 atom stereocenters. The fraction of sp³-hybridized carbons (Fsp3) is 0.269. The number of hydrazone groups is 1. The van der Waals surface area contributed by atoms with E-state index in [4.69, 9.17) is 9.15 Å². The number of fused-ring (bicyclic) bond motifs is 1. The highest BCUT2D eigenvalue weighted by Crippen LogP contribution is 2.33. The van der Waals surface area contributed by atoms with E-state index < -0.39 is 26.7 Å². The minimum atomic E-state index is -3.69. The third-order valence-electron chi connectivity index (χ3n) is 6.35. The van der Waals surface area contributed by atoms with Gasteiger partial charge in [-0.1, -0.05) is 24.2 Å². The van der Waals surface area contributed by atoms with E-state index in [0.29, 0.717) is 24.4 Å². The molecule has 0 spiro atoms. The van der Waals surface area contributed by atoms with Crippen molar-refractivity contribution >= 4 is 54.7 Å². The summed E-state index contributed by atoms with van der Waals surface area (Å²) < 4.78 is 39.0. The molecule has 14 heteroatoms. The van der Waals surface area contributed by atoms with Gasteiger partial charge >= 0.3 is 5.88 Å². The monoisotopic (exact) mass is 583 g/mol. The molecule has 0 bridgehead atoms. The molecule has 4 aromatic rings. The van der Waals surface area contributed by atoms with Gasteiger partial charge in [-0.25, -0.2) is 13.4 Å². The molecule has 0 radical (unpaired) electrons. The Balaban J connectivity index is 1.47. The van der Waals surface area contributed by atoms with Crippen molar-refractivity contribution in [1.82, 2.24) is 9.29 Å². The number of rotatable bonds is 8. The molecule has 1 amide bonds. The molecule has 12 nitrogen and oxygen atoms in total. The lowest BCUT2D eigenvalue weighted by Crippen LogP contribution is -2.32. The lowest BCUT2D eigenvalue weighted by molar-refractivity contribution is -0.402. The number of hydrogen-bond donors (Lipinski definition) is 0. The van der Waals surface area contributed by atoms with Gasteiger partial charge in [0.15, 0.2) is 5.76 Å². The molecule has 1 aliphatic heterocycles. The van der Waals surface area contributed by atoms with Gasteiger partial charge in [0.25, 0.3) is 5.91 Å². The van der Waals surface area contributed by atoms with Crippen molar-refractivity contribution in [3.63, 3.8) is 0 Å². The molecule has 208 valence electrons. The number of nitro groups is 1. The molecule has 2 aromatic carbocycles. The van der Waals surface area contributed by atoms with Crippen molar-refractivity contribution in [1.29, 1.82) is 0 Å². The van der Waals surface area contributed by atoms with E-state index in [1.54, 1.807) is 25.3 Å². The average Bonchev–Trinajstić information content (AvgIpc) is 3.51. The third kappa shape index (κ3) is 5.73. The second-order valence-corrected chi connectivity index (χ2v) is 11.9. The zero-order valence-corrected chi connectivity index (χ0v) is 23.1. The summed E-state index contributed by atoms with van der Waals surface area (Å²) in [6, 6.07) is 13.5. The number of sulfonamides is 1. The number of amides is 1. The Kier molecular flexibility index (Phi) is 7.91. The molecule has 1 aliphatic rings. The molecule has 3 heterocycles. The first kappa shape index (κ1) is 27.4. The van der Waals surface area contributed by atoms with Gasteiger partial charge in [0.05, 0.1) is 34.5 Å². The van der Waals surface area contributed by atoms with E-state index in [9.17, 15) is 23.3 Å². The van der Waals surface area contributed by atoms with Crippen molar-refractivity contribution in [3.8, 4) is 5.75 Å². The summed E-state index contributed by atoms with van der Waals surface area (Å²) in [7, 11) is -2.14. The van der Waals surface area contributed by atoms with Gasteiger partial charge in [-0.2, -0.15) is 14.4 Å². The number of carbonyl (C=O) groups excluding carboxylic acids is 1. The molecule has 0 saturated carbocycles. The van der Waals surface area contributed by atoms with Gasteiger partial charge in [0, 0.05) is 18.7 Å². The van der Waals surface area contributed by atoms with Crippen molar-refractivity contribution < 1.29 is 27.3 Å². The van der Waals surface area contributed by atoms with Crippen LogP contribution in [0.3, 0.4) is 0 Å². The molecule has 40 heavy (non-hydrogen) atoms. The number of aromatic nitrogens is 1. The van der Waals surface area contributed by atoms with E-state index in [0.717, 1.165) is 35.4 Å². The Morgan fingerprint density at radius 1 is 1.12 bits per heavy atom. The number of furan rings is 1. The molecule has 1 saturated heterocycles. The van der Waals surface area contributed by atoms with E-state index in [2.05, 4.69) is 10.1 Å². The van der Waals surface area contributed by atoms with Crippen LogP contribution in [0.4, 0.5) is 11.0 Å². The van der Waals surface area contributed by atoms with E-state index >= 15 is 0 Å². The number of ether oxygens (including phenoxy) is 1. The summed E-state index contributed by atoms with van der Waals surface area (Å²) in [5, 5.41) is 16.5. The normalized spacial score (nSPS) is 14.8. The number of nitrogens with zero attached hydrogens (tertiary/aromatic N) is 5. The van der Waals surface area contributed by atoms with Gasteiger partial charge in [-0.15, -0.1) is 0 Å². The second kappa shape index (κ2) is 11.5. The maximum Gasteiger partial charge on any atom is 0.433 e. The van der Waals surface area contributed by atoms with Crippen LogP contribution < -0.4 is 9.75 Å². The van der Waals surface area contributed by atoms with Crippen molar-refractivity contribution in [3.05, 3.63) is 76.0 Å². The van der Waals surface area contributed by atoms with Crippen molar-refractivity contribution in [2.24, 2.45) is 5.10 Å². The number of anilines is 1. The predicted molar refractivity (Wildman–Crippen MR) is 150 cm³/mol. The van der Waals surface area contributed by atoms with Crippen molar-refractivity contribution in [2.45, 2.75) is 30.6 Å². The van der Waals surface area contributed by atoms with E-state index in [1.165, 1.54) is 58.3 Å². The summed E-state index contributed by atoms with van der Waals surface area (Å²) in [4.78, 5) is 28.6. The highest BCUT2D eigenvalue weighted by atomic mass is 32.2. The zero-order chi connectivity index (χ0) is 28.3. The standard InChI is InChI=1S/C26H25N5O7S2/c1-37-19-8-12-22-23(16-19)39-26(28-22)30(27-17-20-9-13-24(38-20)31(33)34)25(32)18-6-10-21(11-7-18)40(35,36)29-14-4-2-3-5-15-29/h6-13,16-17H,2-5,14-15H2,1H3/b27-17+. The first-order valence-corrected chi connectivity index (χ1v) is 14.7. The van der Waals surface area contributed by atoms with Gasteiger partial charge < -0.3 is 9.15 Å². The first-order valence-electron chi connectivity index (χ1n) is 12.4. The molecule has 0 aliphatic carbocycles. The summed E-state index contributed by atoms with van der Waals surface area (Å²) in [5.74, 6) is -0.367. The van der Waals surface area contributed by atoms with Crippen molar-refractivity contribution in [2.75, 3.05) is 25.2 Å². The minimum absolute atomic E-state index is 0.0613. The number of benzene rings is 2. The molecule has 0 N–H and O–H groups in total. The topological polar surface area (TPSA) is 148 Å². The average molecular weight is 584 g/mol. The number of methoxy groups -OCH3 is 1. The Bertz CT molecular complexity index is 1670. The van der Waals surface area contributed by atoms with Crippen LogP contribution in [-0.4, -0.2) is 55.0 Å². The quantitative estimate of drug-likeness (QED) is 0.159. The lowest BCUT2D eigenvalue weighted by atomic mass is 10.2. The summed E-state index contributed by atoms with van der Waals surface area (Å²) >= 11 is 1.19. The summed E-state index contributed by atoms with van der Waals surface area (Å²) in [5.41, 5.74) is 0.788. The smallest absolute Gasteiger partial charge is 0.433 e. The Labute approximate surface area is 233 Å². The Morgan fingerprint density at radius 3 is 2.50 bits per heavy atom. The lowest BCUT2D eigenvalue weighted by Gasteiger charge is -2.20. The van der Waals surface area contributed by atoms with Gasteiger partial charge in [0.2, 0.25) is 15.2 Å². The molecular weight excluding hydrogens is 558 g/mol. The fourth-order valence-corrected chi connectivity index (χ4v) is 6.71. The molecular formula is C26H25N5O7S2. The van der Waals surface area contributed by atoms with Crippen LogP contribution in [0, 0.1) is 10.1 Å². The SMILES string of the molecule is COc1ccc2nc(N(/N=C/c3ccc([N+](=O)[O-])o3)C(=O)c3ccc(S(=O)(=O)N4CCCCCC4)cc3)sc2c1. The largest absolute Gasteiger partial charge is 0.497 e. The molecule has 1 fully saturated rings. The van der Waals surface area contributed by atoms with Crippen LogP contribution in [0.25, 0.3) is 10.2 Å². The van der Waals surface area contributed by atoms with Crippen LogP contribution >= 0.6 is 11.3 Å². The zero-order valence-electron chi connectivity index (χ0n) is 21.4. The van der Waals surface area contributed by atoms with Gasteiger partial charge in [0.1, 0.15) is 10.7 Å². The second-order valence-electron chi connectivity index (χ2n) is 8.97. The van der Waals surface area contributed by atoms with E-state index in [1.807, 2.05) is 0 Å². The summed E-state index contributed by atoms with van der Waals surface area (Å²) in [6.07, 6.45) is 4.81. The number of thiazole rings is 1. The minimum Gasteiger partial charge on any atom is -0.497 e. The Morgan fingerprint density at radius 2 is 1.85 bits per heavy atom. The predicted octanol–water partition coefficient (Wildman–Crippen LogP) is 5.05. The highest BCUT2D eigenvalue weighted by Gasteiger charge is 2.27. The highest BCUT2D eigenvalue weighted by molar-refractivity contribution is 7.89. The molecule has 5 rings (SSSR count). The van der Waals surface area contributed by atoms with Gasteiger partial charge in [-0.3, -0.25) is 14.9 Å². The van der Waals surface area contributed by atoms with Crippen LogP contribution in [0.5, 0.6) is 5.75 Å². The fourth-order valence-electron chi connectivity index (χ4n) is 4.25. The molecule has 2 aromatic heterocycles. The maximum atomic E-state index is 13.6. The van der Waals surface area contributed by atoms with E-state index in [-0.39, 0.29) is 21.4 Å². The van der Waals surface area contributed by atoms with Crippen LogP contribution in [0.15, 0.2) is 69.0 Å². The van der Waals surface area contributed by atoms with Crippen LogP contribution in [-0.2, 0) is 10.0 Å². The first-order chi connectivity index (χ1) is 19.3. The van der Waals surface area contributed by atoms with Gasteiger partial charge in [-0.05, 0) is 61.4 Å². The maximum absolute atomic E-state index is 13.6. The third-order valence-corrected chi connectivity index (χ3v) is 9.26. The van der Waals surface area contributed by atoms with Crippen LogP contribution in [0.1, 0.15) is 41.8 Å². The van der Waals surface area contributed by atoms with Crippen LogP contribution in [0.2, 0.25) is 0 Å². The molecule has 0 unspecified atom stereocenters. The Hall–Kier alpha value is -4.14. The number of hydrogen-bond acceptors (Lipinski definition) is 10.